The quantitative estimate of drug-likeness (QED) is 0.226. The third kappa shape index (κ3) is 6.84. The molecule has 1 N–H and O–H groups in total. The lowest BCUT2D eigenvalue weighted by molar-refractivity contribution is 0.499. The summed E-state index contributed by atoms with van der Waals surface area (Å²) < 4.78 is 0.955. The zero-order valence-corrected chi connectivity index (χ0v) is 21.2. The Morgan fingerprint density at radius 3 is 2.53 bits per heavy atom. The number of benzene rings is 1. The van der Waals surface area contributed by atoms with Gasteiger partial charge in [0.1, 0.15) is 11.5 Å². The molecule has 0 bridgehead atoms. The van der Waals surface area contributed by atoms with Gasteiger partial charge in [-0.3, -0.25) is 0 Å². The first-order valence-electron chi connectivity index (χ1n) is 11.2. The Hall–Kier alpha value is -2.32. The molecular weight excluding hydrogens is 436 g/mol. The standard InChI is InChI=1S/C24H32N6S2/c1-6-8-12-19(7-2)15-31-24-30-29-23(32-24)28-27-20-14-25-21(13-18(20)5)26-22-16(3)10-9-11-17(22)4/h9-11,13-14,19H,6-8,12,15H2,1-5H3,(H,25,26). The lowest BCUT2D eigenvalue weighted by atomic mass is 10.0. The summed E-state index contributed by atoms with van der Waals surface area (Å²) >= 11 is 3.27. The molecule has 0 aliphatic carbocycles. The zero-order chi connectivity index (χ0) is 22.9. The van der Waals surface area contributed by atoms with Crippen LogP contribution >= 0.6 is 23.1 Å². The molecule has 3 aromatic rings. The van der Waals surface area contributed by atoms with E-state index in [-0.39, 0.29) is 0 Å². The number of azo groups is 1. The molecule has 3 rings (SSSR count). The number of anilines is 2. The third-order valence-electron chi connectivity index (χ3n) is 5.44. The molecule has 2 heterocycles. The molecule has 0 amide bonds. The predicted octanol–water partition coefficient (Wildman–Crippen LogP) is 8.33. The summed E-state index contributed by atoms with van der Waals surface area (Å²) in [5.41, 5.74) is 5.20. The van der Waals surface area contributed by atoms with Gasteiger partial charge >= 0.3 is 0 Å². The molecular formula is C24H32N6S2. The maximum absolute atomic E-state index is 4.52. The number of thioether (sulfide) groups is 1. The lowest BCUT2D eigenvalue weighted by Gasteiger charge is -2.12. The van der Waals surface area contributed by atoms with Crippen LogP contribution in [-0.4, -0.2) is 20.9 Å². The summed E-state index contributed by atoms with van der Waals surface area (Å²) in [6.45, 7) is 10.7. The second kappa shape index (κ2) is 12.1. The van der Waals surface area contributed by atoms with Gasteiger partial charge in [-0.05, 0) is 55.9 Å². The van der Waals surface area contributed by atoms with Crippen molar-refractivity contribution in [3.63, 3.8) is 0 Å². The molecule has 0 saturated heterocycles. The molecule has 0 aliphatic rings. The Bertz CT molecular complexity index is 1030. The molecule has 1 atom stereocenters. The highest BCUT2D eigenvalue weighted by Gasteiger charge is 2.10. The molecule has 6 nitrogen and oxygen atoms in total. The van der Waals surface area contributed by atoms with Crippen LogP contribution in [0.3, 0.4) is 0 Å². The lowest BCUT2D eigenvalue weighted by Crippen LogP contribution is -2.01. The second-order valence-electron chi connectivity index (χ2n) is 8.03. The zero-order valence-electron chi connectivity index (χ0n) is 19.6. The van der Waals surface area contributed by atoms with Crippen LogP contribution in [0.15, 0.2) is 45.0 Å². The van der Waals surface area contributed by atoms with Crippen LogP contribution in [0.5, 0.6) is 0 Å². The maximum atomic E-state index is 4.52. The SMILES string of the molecule is CCCCC(CC)CSc1nnc(N=Nc2cnc(Nc3c(C)cccc3C)cc2C)s1. The van der Waals surface area contributed by atoms with E-state index in [4.69, 9.17) is 0 Å². The highest BCUT2D eigenvalue weighted by atomic mass is 32.2. The molecule has 0 aliphatic heterocycles. The average molecular weight is 469 g/mol. The molecule has 0 fully saturated rings. The maximum Gasteiger partial charge on any atom is 0.252 e. The number of hydrogen-bond donors (Lipinski definition) is 1. The molecule has 1 aromatic carbocycles. The van der Waals surface area contributed by atoms with Gasteiger partial charge in [0.25, 0.3) is 5.13 Å². The predicted molar refractivity (Wildman–Crippen MR) is 136 cm³/mol. The van der Waals surface area contributed by atoms with Gasteiger partial charge in [-0.25, -0.2) is 4.98 Å². The number of unbranched alkanes of at least 4 members (excludes halogenated alkanes) is 1. The van der Waals surface area contributed by atoms with Gasteiger partial charge in [-0.15, -0.1) is 20.4 Å². The monoisotopic (exact) mass is 468 g/mol. The second-order valence-corrected chi connectivity index (χ2v) is 10.2. The van der Waals surface area contributed by atoms with Crippen LogP contribution in [0, 0.1) is 26.7 Å². The summed E-state index contributed by atoms with van der Waals surface area (Å²) in [5, 5.41) is 21.1. The average Bonchev–Trinajstić information content (AvgIpc) is 3.24. The Morgan fingerprint density at radius 2 is 1.84 bits per heavy atom. The van der Waals surface area contributed by atoms with E-state index in [0.29, 0.717) is 5.13 Å². The minimum absolute atomic E-state index is 0.575. The van der Waals surface area contributed by atoms with E-state index in [1.165, 1.54) is 48.1 Å². The van der Waals surface area contributed by atoms with Crippen molar-refractivity contribution in [2.45, 2.75) is 64.6 Å². The summed E-state index contributed by atoms with van der Waals surface area (Å²) in [4.78, 5) is 4.52. The van der Waals surface area contributed by atoms with Crippen LogP contribution in [0.25, 0.3) is 0 Å². The van der Waals surface area contributed by atoms with Gasteiger partial charge in [0.05, 0.1) is 6.20 Å². The summed E-state index contributed by atoms with van der Waals surface area (Å²) in [6.07, 6.45) is 6.78. The third-order valence-corrected chi connectivity index (χ3v) is 7.61. The highest BCUT2D eigenvalue weighted by Crippen LogP contribution is 2.32. The Morgan fingerprint density at radius 1 is 1.06 bits per heavy atom. The summed E-state index contributed by atoms with van der Waals surface area (Å²) in [5.74, 6) is 2.61. The van der Waals surface area contributed by atoms with E-state index in [1.807, 2.05) is 13.0 Å². The van der Waals surface area contributed by atoms with Crippen molar-refractivity contribution in [3.8, 4) is 0 Å². The Kier molecular flexibility index (Phi) is 9.17. The fourth-order valence-electron chi connectivity index (χ4n) is 3.35. The van der Waals surface area contributed by atoms with E-state index >= 15 is 0 Å². The first kappa shape index (κ1) is 24.3. The van der Waals surface area contributed by atoms with E-state index in [2.05, 4.69) is 76.6 Å². The van der Waals surface area contributed by atoms with Gasteiger partial charge in [-0.1, -0.05) is 74.4 Å². The molecule has 0 radical (unpaired) electrons. The van der Waals surface area contributed by atoms with Crippen LogP contribution in [0.4, 0.5) is 22.3 Å². The topological polar surface area (TPSA) is 75.4 Å². The smallest absolute Gasteiger partial charge is 0.252 e. The van der Waals surface area contributed by atoms with Gasteiger partial charge in [0.2, 0.25) is 0 Å². The number of para-hydroxylation sites is 1. The normalized spacial score (nSPS) is 12.4. The summed E-state index contributed by atoms with van der Waals surface area (Å²) in [6, 6.07) is 8.23. The molecule has 32 heavy (non-hydrogen) atoms. The van der Waals surface area contributed by atoms with Crippen LogP contribution in [0.2, 0.25) is 0 Å². The van der Waals surface area contributed by atoms with E-state index in [0.717, 1.165) is 38.8 Å². The number of pyridine rings is 1. The largest absolute Gasteiger partial charge is 0.340 e. The van der Waals surface area contributed by atoms with E-state index in [9.17, 15) is 0 Å². The van der Waals surface area contributed by atoms with Crippen molar-refractivity contribution in [3.05, 3.63) is 47.2 Å². The first-order valence-corrected chi connectivity index (χ1v) is 13.0. The minimum atomic E-state index is 0.575. The van der Waals surface area contributed by atoms with E-state index < -0.39 is 0 Å². The van der Waals surface area contributed by atoms with Gasteiger partial charge < -0.3 is 5.32 Å². The molecule has 170 valence electrons. The van der Waals surface area contributed by atoms with Crippen LogP contribution in [0.1, 0.15) is 56.2 Å². The fourth-order valence-corrected chi connectivity index (χ4v) is 5.29. The van der Waals surface area contributed by atoms with Gasteiger partial charge in [0, 0.05) is 11.4 Å². The molecule has 1 unspecified atom stereocenters. The number of aryl methyl sites for hydroxylation is 3. The van der Waals surface area contributed by atoms with Gasteiger partial charge in [0.15, 0.2) is 4.34 Å². The molecule has 0 spiro atoms. The van der Waals surface area contributed by atoms with Crippen molar-refractivity contribution in [2.24, 2.45) is 16.1 Å². The van der Waals surface area contributed by atoms with Crippen molar-refractivity contribution in [1.82, 2.24) is 15.2 Å². The Labute approximate surface area is 199 Å². The minimum Gasteiger partial charge on any atom is -0.340 e. The van der Waals surface area contributed by atoms with Crippen LogP contribution in [-0.2, 0) is 0 Å². The number of rotatable bonds is 11. The molecule has 2 aromatic heterocycles. The molecule has 8 heteroatoms. The van der Waals surface area contributed by atoms with Crippen molar-refractivity contribution in [2.75, 3.05) is 11.1 Å². The summed E-state index contributed by atoms with van der Waals surface area (Å²) in [7, 11) is 0. The van der Waals surface area contributed by atoms with Crippen molar-refractivity contribution in [1.29, 1.82) is 0 Å². The molecule has 0 saturated carbocycles. The van der Waals surface area contributed by atoms with Crippen molar-refractivity contribution >= 4 is 45.4 Å². The van der Waals surface area contributed by atoms with Gasteiger partial charge in [-0.2, -0.15) is 0 Å². The number of nitrogens with one attached hydrogen (secondary N) is 1. The van der Waals surface area contributed by atoms with Crippen molar-refractivity contribution < 1.29 is 0 Å². The first-order chi connectivity index (χ1) is 15.5. The highest BCUT2D eigenvalue weighted by molar-refractivity contribution is 8.01. The van der Waals surface area contributed by atoms with E-state index in [1.54, 1.807) is 18.0 Å². The number of hydrogen-bond acceptors (Lipinski definition) is 8. The fraction of sp³-hybridized carbons (Fsp3) is 0.458. The number of aromatic nitrogens is 3. The van der Waals surface area contributed by atoms with Crippen LogP contribution < -0.4 is 5.32 Å². The Balaban J connectivity index is 1.61. The number of nitrogens with zero attached hydrogens (tertiary/aromatic N) is 5.